The summed E-state index contributed by atoms with van der Waals surface area (Å²) in [5.74, 6) is 2.32. The third kappa shape index (κ3) is 2.96. The van der Waals surface area contributed by atoms with E-state index in [1.165, 1.54) is 19.3 Å². The summed E-state index contributed by atoms with van der Waals surface area (Å²) >= 11 is 0. The van der Waals surface area contributed by atoms with Crippen LogP contribution in [-0.4, -0.2) is 12.6 Å². The van der Waals surface area contributed by atoms with Crippen molar-refractivity contribution in [1.29, 1.82) is 0 Å². The summed E-state index contributed by atoms with van der Waals surface area (Å²) in [6.45, 7) is 5.41. The number of rotatable bonds is 3. The molecule has 0 radical (unpaired) electrons. The monoisotopic (exact) mass is 184 g/mol. The molecule has 0 aromatic heterocycles. The van der Waals surface area contributed by atoms with Crippen molar-refractivity contribution in [2.45, 2.75) is 45.6 Å². The summed E-state index contributed by atoms with van der Waals surface area (Å²) in [6.07, 6.45) is 5.03. The van der Waals surface area contributed by atoms with E-state index >= 15 is 0 Å². The second kappa shape index (κ2) is 4.97. The molecule has 0 aromatic carbocycles. The zero-order valence-corrected chi connectivity index (χ0v) is 9.00. The Morgan fingerprint density at radius 1 is 1.38 bits per heavy atom. The smallest absolute Gasteiger partial charge is 0.00672 e. The third-order valence-electron chi connectivity index (χ3n) is 3.73. The molecule has 1 aliphatic carbocycles. The highest BCUT2D eigenvalue weighted by Crippen LogP contribution is 2.33. The van der Waals surface area contributed by atoms with Crippen LogP contribution in [0.2, 0.25) is 0 Å². The average Bonchev–Trinajstić information content (AvgIpc) is 2.10. The molecule has 0 bridgehead atoms. The van der Waals surface area contributed by atoms with Crippen LogP contribution < -0.4 is 11.5 Å². The Balaban J connectivity index is 2.36. The minimum absolute atomic E-state index is 0.430. The molecule has 0 spiro atoms. The van der Waals surface area contributed by atoms with Crippen LogP contribution in [-0.2, 0) is 0 Å². The Kier molecular flexibility index (Phi) is 4.20. The molecule has 1 aliphatic rings. The number of hydrogen-bond acceptors (Lipinski definition) is 2. The van der Waals surface area contributed by atoms with Gasteiger partial charge in [-0.2, -0.15) is 0 Å². The number of nitrogens with two attached hydrogens (primary N) is 2. The van der Waals surface area contributed by atoms with E-state index in [-0.39, 0.29) is 0 Å². The lowest BCUT2D eigenvalue weighted by atomic mass is 9.74. The van der Waals surface area contributed by atoms with Gasteiger partial charge in [-0.05, 0) is 50.0 Å². The predicted molar refractivity (Wildman–Crippen MR) is 57.3 cm³/mol. The predicted octanol–water partition coefficient (Wildman–Crippen LogP) is 1.73. The lowest BCUT2D eigenvalue weighted by Gasteiger charge is -2.35. The van der Waals surface area contributed by atoms with Gasteiger partial charge in [0.25, 0.3) is 0 Å². The maximum absolute atomic E-state index is 6.07. The van der Waals surface area contributed by atoms with E-state index in [0.29, 0.717) is 6.04 Å². The first-order valence-corrected chi connectivity index (χ1v) is 5.60. The Morgan fingerprint density at radius 3 is 2.62 bits per heavy atom. The fourth-order valence-corrected chi connectivity index (χ4v) is 2.41. The van der Waals surface area contributed by atoms with E-state index in [1.54, 1.807) is 0 Å². The van der Waals surface area contributed by atoms with Crippen molar-refractivity contribution in [2.75, 3.05) is 6.54 Å². The van der Waals surface area contributed by atoms with Gasteiger partial charge in [0.15, 0.2) is 0 Å². The van der Waals surface area contributed by atoms with Crippen molar-refractivity contribution in [2.24, 2.45) is 29.2 Å². The van der Waals surface area contributed by atoms with Gasteiger partial charge >= 0.3 is 0 Å². The van der Waals surface area contributed by atoms with Crippen molar-refractivity contribution in [3.05, 3.63) is 0 Å². The highest BCUT2D eigenvalue weighted by Gasteiger charge is 2.27. The van der Waals surface area contributed by atoms with Crippen molar-refractivity contribution in [3.8, 4) is 0 Å². The molecule has 0 heterocycles. The molecule has 0 saturated heterocycles. The van der Waals surface area contributed by atoms with Gasteiger partial charge in [-0.15, -0.1) is 0 Å². The fourth-order valence-electron chi connectivity index (χ4n) is 2.41. The molecule has 78 valence electrons. The van der Waals surface area contributed by atoms with Gasteiger partial charge in [0.05, 0.1) is 0 Å². The van der Waals surface area contributed by atoms with Crippen LogP contribution in [0, 0.1) is 17.8 Å². The van der Waals surface area contributed by atoms with Gasteiger partial charge in [0, 0.05) is 6.04 Å². The van der Waals surface area contributed by atoms with Crippen LogP contribution in [0.3, 0.4) is 0 Å². The van der Waals surface area contributed by atoms with Gasteiger partial charge in [-0.3, -0.25) is 0 Å². The summed E-state index contributed by atoms with van der Waals surface area (Å²) in [5.41, 5.74) is 11.6. The van der Waals surface area contributed by atoms with Crippen molar-refractivity contribution in [3.63, 3.8) is 0 Å². The van der Waals surface area contributed by atoms with Crippen molar-refractivity contribution in [1.82, 2.24) is 0 Å². The second-order valence-corrected chi connectivity index (χ2v) is 4.77. The summed E-state index contributed by atoms with van der Waals surface area (Å²) in [6, 6.07) is 0.430. The van der Waals surface area contributed by atoms with Crippen molar-refractivity contribution >= 4 is 0 Å². The third-order valence-corrected chi connectivity index (χ3v) is 3.73. The molecule has 2 nitrogen and oxygen atoms in total. The van der Waals surface area contributed by atoms with Crippen LogP contribution in [0.4, 0.5) is 0 Å². The van der Waals surface area contributed by atoms with Crippen LogP contribution >= 0.6 is 0 Å². The number of hydrogen-bond donors (Lipinski definition) is 2. The molecule has 0 amide bonds. The molecule has 0 aliphatic heterocycles. The first kappa shape index (κ1) is 11.0. The lowest BCUT2D eigenvalue weighted by Crippen LogP contribution is -2.37. The van der Waals surface area contributed by atoms with Gasteiger partial charge in [0.1, 0.15) is 0 Å². The Morgan fingerprint density at radius 2 is 2.08 bits per heavy atom. The molecule has 2 heteroatoms. The second-order valence-electron chi connectivity index (χ2n) is 4.77. The first-order valence-electron chi connectivity index (χ1n) is 5.60. The molecule has 4 unspecified atom stereocenters. The topological polar surface area (TPSA) is 52.0 Å². The highest BCUT2D eigenvalue weighted by atomic mass is 14.7. The van der Waals surface area contributed by atoms with Crippen LogP contribution in [0.15, 0.2) is 0 Å². The molecular formula is C11H24N2. The quantitative estimate of drug-likeness (QED) is 0.702. The molecule has 4 atom stereocenters. The molecule has 1 fully saturated rings. The Hall–Kier alpha value is -0.0800. The molecule has 1 saturated carbocycles. The lowest BCUT2D eigenvalue weighted by molar-refractivity contribution is 0.192. The van der Waals surface area contributed by atoms with Gasteiger partial charge in [-0.25, -0.2) is 0 Å². The zero-order valence-electron chi connectivity index (χ0n) is 9.00. The van der Waals surface area contributed by atoms with Gasteiger partial charge in [0.2, 0.25) is 0 Å². The minimum Gasteiger partial charge on any atom is -0.330 e. The van der Waals surface area contributed by atoms with Gasteiger partial charge < -0.3 is 11.5 Å². The van der Waals surface area contributed by atoms with E-state index in [4.69, 9.17) is 11.5 Å². The maximum Gasteiger partial charge on any atom is 0.00672 e. The van der Waals surface area contributed by atoms with E-state index in [0.717, 1.165) is 30.7 Å². The molecule has 1 rings (SSSR count). The van der Waals surface area contributed by atoms with Crippen molar-refractivity contribution < 1.29 is 0 Å². The molecule has 13 heavy (non-hydrogen) atoms. The summed E-state index contributed by atoms with van der Waals surface area (Å²) in [5, 5.41) is 0. The summed E-state index contributed by atoms with van der Waals surface area (Å²) < 4.78 is 0. The summed E-state index contributed by atoms with van der Waals surface area (Å²) in [4.78, 5) is 0. The minimum atomic E-state index is 0.430. The van der Waals surface area contributed by atoms with E-state index in [2.05, 4.69) is 13.8 Å². The zero-order chi connectivity index (χ0) is 9.84. The molecule has 0 aromatic rings. The SMILES string of the molecule is CC1CCC(C(C)CCN)CC1N. The maximum atomic E-state index is 6.07. The van der Waals surface area contributed by atoms with E-state index in [1.807, 2.05) is 0 Å². The largest absolute Gasteiger partial charge is 0.330 e. The Labute approximate surface area is 82.1 Å². The summed E-state index contributed by atoms with van der Waals surface area (Å²) in [7, 11) is 0. The van der Waals surface area contributed by atoms with Crippen LogP contribution in [0.25, 0.3) is 0 Å². The standard InChI is InChI=1S/C11H24N2/c1-8(5-6-12)10-4-3-9(2)11(13)7-10/h8-11H,3-7,12-13H2,1-2H3. The normalized spacial score (nSPS) is 37.4. The first-order chi connectivity index (χ1) is 6.15. The molecular weight excluding hydrogens is 160 g/mol. The van der Waals surface area contributed by atoms with Crippen LogP contribution in [0.1, 0.15) is 39.5 Å². The molecule has 4 N–H and O–H groups in total. The van der Waals surface area contributed by atoms with E-state index in [9.17, 15) is 0 Å². The van der Waals surface area contributed by atoms with E-state index < -0.39 is 0 Å². The van der Waals surface area contributed by atoms with Gasteiger partial charge in [-0.1, -0.05) is 13.8 Å². The fraction of sp³-hybridized carbons (Fsp3) is 1.00. The highest BCUT2D eigenvalue weighted by molar-refractivity contribution is 4.82. The Bertz CT molecular complexity index is 147. The average molecular weight is 184 g/mol. The van der Waals surface area contributed by atoms with Crippen LogP contribution in [0.5, 0.6) is 0 Å².